The Morgan fingerprint density at radius 2 is 2.05 bits per heavy atom. The van der Waals surface area contributed by atoms with E-state index in [9.17, 15) is 0 Å². The lowest BCUT2D eigenvalue weighted by molar-refractivity contribution is 0.191. The molecule has 3 nitrogen and oxygen atoms in total. The molecule has 19 heavy (non-hydrogen) atoms. The molecule has 2 N–H and O–H groups in total. The molecule has 0 spiro atoms. The van der Waals surface area contributed by atoms with E-state index >= 15 is 0 Å². The van der Waals surface area contributed by atoms with E-state index in [1.165, 1.54) is 11.1 Å². The Balaban J connectivity index is 1.90. The van der Waals surface area contributed by atoms with Gasteiger partial charge in [0, 0.05) is 30.5 Å². The zero-order chi connectivity index (χ0) is 13.7. The van der Waals surface area contributed by atoms with E-state index < -0.39 is 0 Å². The number of aliphatic hydroxyl groups is 1. The van der Waals surface area contributed by atoms with Gasteiger partial charge >= 0.3 is 0 Å². The first-order valence-electron chi connectivity index (χ1n) is 6.55. The number of rotatable bonds is 6. The molecular formula is C15H20N2OS. The zero-order valence-corrected chi connectivity index (χ0v) is 12.2. The van der Waals surface area contributed by atoms with Crippen LogP contribution in [0.15, 0.2) is 29.6 Å². The van der Waals surface area contributed by atoms with Crippen molar-refractivity contribution in [2.24, 2.45) is 0 Å². The minimum Gasteiger partial charge on any atom is -0.392 e. The van der Waals surface area contributed by atoms with E-state index in [2.05, 4.69) is 46.9 Å². The van der Waals surface area contributed by atoms with Crippen molar-refractivity contribution in [3.05, 3.63) is 40.2 Å². The quantitative estimate of drug-likeness (QED) is 0.797. The average Bonchev–Trinajstić information content (AvgIpc) is 2.84. The number of hydrogen-bond acceptors (Lipinski definition) is 4. The number of aromatic nitrogens is 1. The Bertz CT molecular complexity index is 505. The van der Waals surface area contributed by atoms with Gasteiger partial charge in [0.2, 0.25) is 0 Å². The lowest BCUT2D eigenvalue weighted by Gasteiger charge is -2.04. The first kappa shape index (κ1) is 14.2. The van der Waals surface area contributed by atoms with Crippen molar-refractivity contribution >= 4 is 11.3 Å². The van der Waals surface area contributed by atoms with E-state index in [4.69, 9.17) is 5.11 Å². The highest BCUT2D eigenvalue weighted by Gasteiger charge is 2.04. The second kappa shape index (κ2) is 6.80. The van der Waals surface area contributed by atoms with Crippen LogP contribution in [-0.2, 0) is 6.42 Å². The van der Waals surface area contributed by atoms with E-state index in [0.717, 1.165) is 23.7 Å². The summed E-state index contributed by atoms with van der Waals surface area (Å²) in [6.07, 6.45) is 0.614. The summed E-state index contributed by atoms with van der Waals surface area (Å²) in [4.78, 5) is 4.64. The van der Waals surface area contributed by atoms with Crippen LogP contribution in [0.3, 0.4) is 0 Å². The molecule has 1 unspecified atom stereocenters. The highest BCUT2D eigenvalue weighted by Crippen LogP contribution is 2.22. The maximum atomic E-state index is 9.15. The molecule has 0 amide bonds. The third-order valence-electron chi connectivity index (χ3n) is 2.85. The van der Waals surface area contributed by atoms with Crippen LogP contribution in [0, 0.1) is 6.92 Å². The first-order chi connectivity index (χ1) is 9.15. The molecule has 2 aromatic rings. The number of benzene rings is 1. The van der Waals surface area contributed by atoms with Gasteiger partial charge in [0.25, 0.3) is 0 Å². The molecule has 4 heteroatoms. The van der Waals surface area contributed by atoms with Crippen molar-refractivity contribution in [3.8, 4) is 11.3 Å². The van der Waals surface area contributed by atoms with Crippen LogP contribution in [0.1, 0.15) is 17.5 Å². The van der Waals surface area contributed by atoms with E-state index in [1.807, 2.05) is 0 Å². The second-order valence-corrected chi connectivity index (χ2v) is 5.74. The number of nitrogens with one attached hydrogen (secondary N) is 1. The fourth-order valence-corrected chi connectivity index (χ4v) is 2.60. The highest BCUT2D eigenvalue weighted by molar-refractivity contribution is 7.09. The topological polar surface area (TPSA) is 45.1 Å². The van der Waals surface area contributed by atoms with Gasteiger partial charge in [-0.15, -0.1) is 11.3 Å². The maximum Gasteiger partial charge on any atom is 0.0945 e. The normalized spacial score (nSPS) is 12.6. The summed E-state index contributed by atoms with van der Waals surface area (Å²) in [7, 11) is 0. The molecule has 2 rings (SSSR count). The predicted octanol–water partition coefficient (Wildman–Crippen LogP) is 2.63. The predicted molar refractivity (Wildman–Crippen MR) is 80.5 cm³/mol. The minimum absolute atomic E-state index is 0.292. The molecule has 1 heterocycles. The van der Waals surface area contributed by atoms with Crippen molar-refractivity contribution in [2.75, 3.05) is 13.1 Å². The van der Waals surface area contributed by atoms with Gasteiger partial charge in [0.15, 0.2) is 0 Å². The van der Waals surface area contributed by atoms with E-state index in [0.29, 0.717) is 6.54 Å². The number of hydrogen-bond donors (Lipinski definition) is 2. The van der Waals surface area contributed by atoms with Gasteiger partial charge in [-0.1, -0.05) is 29.8 Å². The lowest BCUT2D eigenvalue weighted by Crippen LogP contribution is -2.26. The van der Waals surface area contributed by atoms with Crippen LogP contribution in [0.2, 0.25) is 0 Å². The summed E-state index contributed by atoms with van der Waals surface area (Å²) in [5, 5.41) is 15.6. The number of aryl methyl sites for hydroxylation is 1. The van der Waals surface area contributed by atoms with Crippen LogP contribution < -0.4 is 5.32 Å². The summed E-state index contributed by atoms with van der Waals surface area (Å²) in [6.45, 7) is 5.36. The number of nitrogens with zero attached hydrogens (tertiary/aromatic N) is 1. The van der Waals surface area contributed by atoms with Crippen molar-refractivity contribution in [2.45, 2.75) is 26.4 Å². The Kier molecular flexibility index (Phi) is 5.07. The Morgan fingerprint density at radius 1 is 1.32 bits per heavy atom. The molecule has 1 aromatic carbocycles. The fraction of sp³-hybridized carbons (Fsp3) is 0.400. The summed E-state index contributed by atoms with van der Waals surface area (Å²) in [5.41, 5.74) is 3.49. The second-order valence-electron chi connectivity index (χ2n) is 4.80. The standard InChI is InChI=1S/C15H20N2OS/c1-11-3-5-13(6-4-11)14-10-19-15(17-14)7-8-16-9-12(2)18/h3-6,10,12,16,18H,7-9H2,1-2H3. The summed E-state index contributed by atoms with van der Waals surface area (Å²) in [5.74, 6) is 0. The zero-order valence-electron chi connectivity index (χ0n) is 11.4. The van der Waals surface area contributed by atoms with Crippen LogP contribution in [0.5, 0.6) is 0 Å². The SMILES string of the molecule is Cc1ccc(-c2csc(CCNCC(C)O)n2)cc1. The summed E-state index contributed by atoms with van der Waals surface area (Å²) in [6, 6.07) is 8.44. The number of thiazole rings is 1. The third-order valence-corrected chi connectivity index (χ3v) is 3.76. The molecule has 0 saturated heterocycles. The van der Waals surface area contributed by atoms with Crippen molar-refractivity contribution in [1.82, 2.24) is 10.3 Å². The molecule has 0 bridgehead atoms. The maximum absolute atomic E-state index is 9.15. The molecule has 1 atom stereocenters. The van der Waals surface area contributed by atoms with E-state index in [-0.39, 0.29) is 6.10 Å². The van der Waals surface area contributed by atoms with Gasteiger partial charge in [-0.05, 0) is 13.8 Å². The van der Waals surface area contributed by atoms with Gasteiger partial charge in [0.05, 0.1) is 16.8 Å². The van der Waals surface area contributed by atoms with Crippen molar-refractivity contribution in [3.63, 3.8) is 0 Å². The molecule has 0 aliphatic rings. The van der Waals surface area contributed by atoms with Crippen LogP contribution >= 0.6 is 11.3 Å². The Labute approximate surface area is 118 Å². The average molecular weight is 276 g/mol. The van der Waals surface area contributed by atoms with Crippen LogP contribution in [0.4, 0.5) is 0 Å². The molecule has 0 aliphatic heterocycles. The van der Waals surface area contributed by atoms with Gasteiger partial charge in [-0.25, -0.2) is 4.98 Å². The molecule has 1 aromatic heterocycles. The smallest absolute Gasteiger partial charge is 0.0945 e. The monoisotopic (exact) mass is 276 g/mol. The summed E-state index contributed by atoms with van der Waals surface area (Å²) >= 11 is 1.69. The third kappa shape index (κ3) is 4.42. The Hall–Kier alpha value is -1.23. The lowest BCUT2D eigenvalue weighted by atomic mass is 10.1. The molecule has 102 valence electrons. The van der Waals surface area contributed by atoms with Crippen molar-refractivity contribution in [1.29, 1.82) is 0 Å². The minimum atomic E-state index is -0.292. The van der Waals surface area contributed by atoms with E-state index in [1.54, 1.807) is 18.3 Å². The fourth-order valence-electron chi connectivity index (χ4n) is 1.79. The Morgan fingerprint density at radius 3 is 2.74 bits per heavy atom. The molecule has 0 radical (unpaired) electrons. The first-order valence-corrected chi connectivity index (χ1v) is 7.43. The largest absolute Gasteiger partial charge is 0.392 e. The van der Waals surface area contributed by atoms with Gasteiger partial charge in [-0.3, -0.25) is 0 Å². The van der Waals surface area contributed by atoms with Crippen LogP contribution in [-0.4, -0.2) is 29.3 Å². The molecule has 0 fully saturated rings. The van der Waals surface area contributed by atoms with Gasteiger partial charge in [0.1, 0.15) is 0 Å². The highest BCUT2D eigenvalue weighted by atomic mass is 32.1. The number of aliphatic hydroxyl groups excluding tert-OH is 1. The summed E-state index contributed by atoms with van der Waals surface area (Å²) < 4.78 is 0. The molecule has 0 aliphatic carbocycles. The van der Waals surface area contributed by atoms with Crippen LogP contribution in [0.25, 0.3) is 11.3 Å². The van der Waals surface area contributed by atoms with Gasteiger partial charge in [-0.2, -0.15) is 0 Å². The molecular weight excluding hydrogens is 256 g/mol. The molecule has 0 saturated carbocycles. The van der Waals surface area contributed by atoms with Crippen molar-refractivity contribution < 1.29 is 5.11 Å². The van der Waals surface area contributed by atoms with Gasteiger partial charge < -0.3 is 10.4 Å².